The van der Waals surface area contributed by atoms with E-state index in [1.165, 1.54) is 82.6 Å². The maximum atomic E-state index is 14.2. The van der Waals surface area contributed by atoms with Gasteiger partial charge in [-0.3, -0.25) is 4.79 Å². The second-order valence-electron chi connectivity index (χ2n) is 20.9. The minimum atomic E-state index is -6.13. The molecule has 0 aliphatic carbocycles. The molecule has 0 unspecified atom stereocenters. The summed E-state index contributed by atoms with van der Waals surface area (Å²) in [5, 5.41) is 0. The summed E-state index contributed by atoms with van der Waals surface area (Å²) in [7, 11) is 0. The van der Waals surface area contributed by atoms with E-state index in [2.05, 4.69) is 35.8 Å². The summed E-state index contributed by atoms with van der Waals surface area (Å²) in [6, 6.07) is 5.52. The number of nitrogens with zero attached hydrogens (tertiary/aromatic N) is 1. The number of alkyl halides is 24. The van der Waals surface area contributed by atoms with Crippen LogP contribution in [0.15, 0.2) is 128 Å². The van der Waals surface area contributed by atoms with Crippen LogP contribution >= 0.6 is 0 Å². The summed E-state index contributed by atoms with van der Waals surface area (Å²) in [5.74, 6) is 0.282. The number of hydrogen-bond donors (Lipinski definition) is 0. The standard InChI is InChI=1S/C32H12BF24.C28H42NO/c34-25(35,36)13-1-14(26(37,38)39)6-21(5-13)33(22-7-15(27(40,41)42)2-16(8-22)28(43,44)45,23-9-17(29(46,47)48)3-18(10-23)30(49,50)51)24-11-19(31(52,53)54)4-20(12-24)32(55,56)57;1-2-3-4-5-6-7-8-9-10-11-12-13-17-20-28(30)27-21-23-29(24-22-27)25-26-18-15-14-16-19-26/h1-12H;14-16,18-19,21-24H,2-13,17,20,25H2,1H3/q-1;+1. The summed E-state index contributed by atoms with van der Waals surface area (Å²) in [6.45, 7) is 3.12. The van der Waals surface area contributed by atoms with Gasteiger partial charge < -0.3 is 0 Å². The molecule has 1 aromatic heterocycles. The van der Waals surface area contributed by atoms with Gasteiger partial charge in [0.05, 0.1) is 44.5 Å². The van der Waals surface area contributed by atoms with Gasteiger partial charge in [-0.2, -0.15) is 127 Å². The number of pyridine rings is 1. The first kappa shape index (κ1) is 71.1. The van der Waals surface area contributed by atoms with Crippen LogP contribution in [0.1, 0.15) is 157 Å². The topological polar surface area (TPSA) is 20.9 Å². The lowest BCUT2D eigenvalue weighted by atomic mass is 9.12. The summed E-state index contributed by atoms with van der Waals surface area (Å²) in [5.41, 5.74) is -28.1. The molecule has 0 spiro atoms. The molecule has 0 aliphatic rings. The Morgan fingerprint density at radius 1 is 0.333 bits per heavy atom. The molecule has 0 radical (unpaired) electrons. The maximum absolute atomic E-state index is 14.2. The largest absolute Gasteiger partial charge is 0.416 e. The highest BCUT2D eigenvalue weighted by Gasteiger charge is 2.47. The van der Waals surface area contributed by atoms with Gasteiger partial charge in [0, 0.05) is 29.7 Å². The lowest BCUT2D eigenvalue weighted by Gasteiger charge is -2.46. The monoisotopic (exact) mass is 1270 g/mol. The number of Topliss-reactive ketones (excluding diaryl/α,β-unsaturated/α-hetero) is 1. The number of carbonyl (C=O) groups excluding carboxylic acids is 1. The van der Waals surface area contributed by atoms with E-state index < -0.39 is 195 Å². The first-order valence-electron chi connectivity index (χ1n) is 27.0. The van der Waals surface area contributed by atoms with E-state index in [1.54, 1.807) is 0 Å². The van der Waals surface area contributed by atoms with Gasteiger partial charge in [-0.15, -0.1) is 0 Å². The van der Waals surface area contributed by atoms with Crippen molar-refractivity contribution in [1.29, 1.82) is 0 Å². The van der Waals surface area contributed by atoms with Gasteiger partial charge in [0.25, 0.3) is 0 Å². The predicted molar refractivity (Wildman–Crippen MR) is 277 cm³/mol. The fraction of sp³-hybridized carbons (Fsp3) is 0.400. The van der Waals surface area contributed by atoms with E-state index in [9.17, 15) is 110 Å². The van der Waals surface area contributed by atoms with Gasteiger partial charge in [-0.05, 0) is 30.7 Å². The highest BCUT2D eigenvalue weighted by atomic mass is 19.4. The van der Waals surface area contributed by atoms with Crippen LogP contribution in [0.4, 0.5) is 105 Å². The number of halogens is 24. The van der Waals surface area contributed by atoms with Crippen LogP contribution < -0.4 is 26.4 Å². The van der Waals surface area contributed by atoms with Gasteiger partial charge in [-0.1, -0.05) is 163 Å². The SMILES string of the molecule is CCCCCCCCCCCCCCCC(=O)c1cc[n+](Cc2ccccc2)cc1.FC(F)(F)c1cc([B-](c2cc(C(F)(F)F)cc(C(F)(F)F)c2)(c2cc(C(F)(F)F)cc(C(F)(F)F)c2)c2cc(C(F)(F)F)cc(C(F)(F)F)c2)cc(C(F)(F)F)c1. The molecule has 5 aromatic carbocycles. The van der Waals surface area contributed by atoms with Crippen LogP contribution in [-0.2, 0) is 56.0 Å². The highest BCUT2D eigenvalue weighted by molar-refractivity contribution is 7.20. The molecule has 0 atom stereocenters. The van der Waals surface area contributed by atoms with Gasteiger partial charge >= 0.3 is 49.4 Å². The Labute approximate surface area is 483 Å². The molecule has 2 nitrogen and oxygen atoms in total. The van der Waals surface area contributed by atoms with E-state index in [0.717, 1.165) is 18.5 Å². The van der Waals surface area contributed by atoms with Crippen LogP contribution in [0.25, 0.3) is 0 Å². The van der Waals surface area contributed by atoms with Gasteiger partial charge in [0.2, 0.25) is 0 Å². The first-order valence-corrected chi connectivity index (χ1v) is 27.0. The Morgan fingerprint density at radius 2 is 0.575 bits per heavy atom. The molecular formula is C60H54BF24NO. The van der Waals surface area contributed by atoms with Crippen molar-refractivity contribution in [3.63, 3.8) is 0 Å². The Bertz CT molecular complexity index is 2770. The van der Waals surface area contributed by atoms with E-state index in [4.69, 9.17) is 0 Å². The zero-order valence-corrected chi connectivity index (χ0v) is 45.7. The molecular weight excluding hydrogens is 1220 g/mol. The number of carbonyl (C=O) groups is 1. The highest BCUT2D eigenvalue weighted by Crippen LogP contribution is 2.41. The lowest BCUT2D eigenvalue weighted by molar-refractivity contribution is -0.688. The molecule has 0 saturated carbocycles. The summed E-state index contributed by atoms with van der Waals surface area (Å²) in [6.07, 6.45) is -32.7. The molecule has 0 saturated heterocycles. The van der Waals surface area contributed by atoms with Crippen molar-refractivity contribution in [1.82, 2.24) is 0 Å². The normalized spacial score (nSPS) is 13.2. The van der Waals surface area contributed by atoms with Crippen LogP contribution in [0.2, 0.25) is 0 Å². The predicted octanol–water partition coefficient (Wildman–Crippen LogP) is 18.9. The second-order valence-corrected chi connectivity index (χ2v) is 20.9. The molecule has 1 heterocycles. The Morgan fingerprint density at radius 3 is 0.816 bits per heavy atom. The molecule has 27 heteroatoms. The summed E-state index contributed by atoms with van der Waals surface area (Å²) in [4.78, 5) is 12.4. The Balaban J connectivity index is 0.000000386. The quantitative estimate of drug-likeness (QED) is 0.0231. The number of rotatable bonds is 21. The third-order valence-corrected chi connectivity index (χ3v) is 14.4. The number of ketones is 1. The van der Waals surface area contributed by atoms with Crippen LogP contribution in [-0.4, -0.2) is 11.9 Å². The van der Waals surface area contributed by atoms with Crippen molar-refractivity contribution in [2.75, 3.05) is 0 Å². The smallest absolute Gasteiger partial charge is 0.294 e. The number of hydrogen-bond acceptors (Lipinski definition) is 1. The fourth-order valence-electron chi connectivity index (χ4n) is 10.1. The second kappa shape index (κ2) is 28.2. The zero-order valence-electron chi connectivity index (χ0n) is 45.7. The number of unbranched alkanes of at least 4 members (excludes halogenated alkanes) is 12. The molecule has 0 fully saturated rings. The third kappa shape index (κ3) is 19.9. The average Bonchev–Trinajstić information content (AvgIpc) is 0.725. The van der Waals surface area contributed by atoms with Crippen LogP contribution in [0, 0.1) is 0 Å². The van der Waals surface area contributed by atoms with Crippen LogP contribution in [0.5, 0.6) is 0 Å². The van der Waals surface area contributed by atoms with Gasteiger partial charge in [0.1, 0.15) is 6.15 Å². The molecule has 0 bridgehead atoms. The first-order chi connectivity index (χ1) is 40.1. The minimum Gasteiger partial charge on any atom is -0.294 e. The fourth-order valence-corrected chi connectivity index (χ4v) is 10.1. The molecule has 0 amide bonds. The van der Waals surface area contributed by atoms with Crippen molar-refractivity contribution in [2.24, 2.45) is 0 Å². The number of benzene rings is 5. The van der Waals surface area contributed by atoms with Crippen molar-refractivity contribution in [3.8, 4) is 0 Å². The molecule has 476 valence electrons. The molecule has 87 heavy (non-hydrogen) atoms. The van der Waals surface area contributed by atoms with Gasteiger partial charge in [0.15, 0.2) is 24.7 Å². The van der Waals surface area contributed by atoms with Crippen molar-refractivity contribution < 1.29 is 115 Å². The van der Waals surface area contributed by atoms with Crippen LogP contribution in [0.3, 0.4) is 0 Å². The van der Waals surface area contributed by atoms with Gasteiger partial charge in [-0.25, -0.2) is 4.57 Å². The summed E-state index contributed by atoms with van der Waals surface area (Å²) >= 11 is 0. The molecule has 0 N–H and O–H groups in total. The Kier molecular flexibility index (Phi) is 23.0. The van der Waals surface area contributed by atoms with E-state index >= 15 is 0 Å². The molecule has 6 aromatic rings. The summed E-state index contributed by atoms with van der Waals surface area (Å²) < 4.78 is 343. The average molecular weight is 1270 g/mol. The lowest BCUT2D eigenvalue weighted by Crippen LogP contribution is -2.75. The van der Waals surface area contributed by atoms with Crippen molar-refractivity contribution in [2.45, 2.75) is 153 Å². The Hall–Kier alpha value is -6.70. The zero-order chi connectivity index (χ0) is 65.2. The van der Waals surface area contributed by atoms with E-state index in [0.29, 0.717) is 6.42 Å². The van der Waals surface area contributed by atoms with E-state index in [1.807, 2.05) is 30.6 Å². The maximum Gasteiger partial charge on any atom is 0.416 e. The molecule has 0 aliphatic heterocycles. The third-order valence-electron chi connectivity index (χ3n) is 14.4. The van der Waals surface area contributed by atoms with Crippen molar-refractivity contribution >= 4 is 33.8 Å². The minimum absolute atomic E-state index is 0.282. The van der Waals surface area contributed by atoms with E-state index in [-0.39, 0.29) is 5.78 Å². The van der Waals surface area contributed by atoms with Crippen molar-refractivity contribution in [3.05, 3.63) is 183 Å². The number of aromatic nitrogens is 1. The molecule has 6 rings (SSSR count).